The summed E-state index contributed by atoms with van der Waals surface area (Å²) in [5, 5.41) is 16.7. The Morgan fingerprint density at radius 1 is 0.939 bits per heavy atom. The van der Waals surface area contributed by atoms with Crippen LogP contribution in [-0.4, -0.2) is 32.3 Å². The summed E-state index contributed by atoms with van der Waals surface area (Å²) in [5.74, 6) is -0.345. The number of sulfonamides is 1. The zero-order valence-electron chi connectivity index (χ0n) is 18.2. The fourth-order valence-corrected chi connectivity index (χ4v) is 4.19. The van der Waals surface area contributed by atoms with Gasteiger partial charge in [-0.15, -0.1) is 0 Å². The molecule has 0 bridgehead atoms. The van der Waals surface area contributed by atoms with Crippen molar-refractivity contribution in [2.45, 2.75) is 18.7 Å². The van der Waals surface area contributed by atoms with Gasteiger partial charge in [0, 0.05) is 30.4 Å². The number of hydrogen-bond donors (Lipinski definition) is 3. The third-order valence-corrected chi connectivity index (χ3v) is 6.39. The SMILES string of the molecule is Cc1ccc(S(=O)(=O)Nc2ccc(C(=O)NCCNc3ccccc3[N+](=O)[O-])cc2)cc1C. The van der Waals surface area contributed by atoms with Gasteiger partial charge in [-0.3, -0.25) is 19.6 Å². The first-order chi connectivity index (χ1) is 15.7. The topological polar surface area (TPSA) is 130 Å². The number of anilines is 2. The number of amides is 1. The minimum atomic E-state index is -3.75. The van der Waals surface area contributed by atoms with E-state index in [1.165, 1.54) is 30.3 Å². The molecule has 10 heteroatoms. The maximum absolute atomic E-state index is 12.6. The van der Waals surface area contributed by atoms with Crippen LogP contribution in [-0.2, 0) is 10.0 Å². The summed E-state index contributed by atoms with van der Waals surface area (Å²) in [6, 6.07) is 17.2. The quantitative estimate of drug-likeness (QED) is 0.248. The normalized spacial score (nSPS) is 11.0. The molecule has 0 aliphatic rings. The molecule has 0 saturated heterocycles. The van der Waals surface area contributed by atoms with Gasteiger partial charge in [0.1, 0.15) is 5.69 Å². The Labute approximate surface area is 192 Å². The number of nitrogens with zero attached hydrogens (tertiary/aromatic N) is 1. The maximum Gasteiger partial charge on any atom is 0.292 e. The lowest BCUT2D eigenvalue weighted by molar-refractivity contribution is -0.384. The molecule has 0 fully saturated rings. The van der Waals surface area contributed by atoms with Crippen molar-refractivity contribution in [1.29, 1.82) is 0 Å². The van der Waals surface area contributed by atoms with Gasteiger partial charge in [-0.05, 0) is 67.4 Å². The van der Waals surface area contributed by atoms with Gasteiger partial charge in [0.2, 0.25) is 0 Å². The second-order valence-corrected chi connectivity index (χ2v) is 9.07. The van der Waals surface area contributed by atoms with Crippen LogP contribution in [0.4, 0.5) is 17.1 Å². The fraction of sp³-hybridized carbons (Fsp3) is 0.174. The molecule has 0 saturated carbocycles. The van der Waals surface area contributed by atoms with E-state index in [1.54, 1.807) is 36.4 Å². The molecule has 0 aliphatic heterocycles. The summed E-state index contributed by atoms with van der Waals surface area (Å²) in [6.07, 6.45) is 0. The summed E-state index contributed by atoms with van der Waals surface area (Å²) in [5.41, 5.74) is 2.90. The van der Waals surface area contributed by atoms with E-state index in [0.717, 1.165) is 11.1 Å². The summed E-state index contributed by atoms with van der Waals surface area (Å²) >= 11 is 0. The second kappa shape index (κ2) is 10.1. The lowest BCUT2D eigenvalue weighted by Gasteiger charge is -2.11. The number of aryl methyl sites for hydroxylation is 2. The lowest BCUT2D eigenvalue weighted by atomic mass is 10.1. The van der Waals surface area contributed by atoms with E-state index in [9.17, 15) is 23.3 Å². The minimum absolute atomic E-state index is 0.0392. The number of hydrogen-bond acceptors (Lipinski definition) is 6. The number of nitrogens with one attached hydrogen (secondary N) is 3. The highest BCUT2D eigenvalue weighted by molar-refractivity contribution is 7.92. The molecule has 3 aromatic rings. The van der Waals surface area contributed by atoms with Crippen molar-refractivity contribution < 1.29 is 18.1 Å². The van der Waals surface area contributed by atoms with Crippen LogP contribution in [0.3, 0.4) is 0 Å². The number of nitro benzene ring substituents is 1. The lowest BCUT2D eigenvalue weighted by Crippen LogP contribution is -2.28. The largest absolute Gasteiger partial charge is 0.378 e. The van der Waals surface area contributed by atoms with E-state index in [4.69, 9.17) is 0 Å². The molecule has 9 nitrogen and oxygen atoms in total. The van der Waals surface area contributed by atoms with Gasteiger partial charge in [-0.1, -0.05) is 18.2 Å². The van der Waals surface area contributed by atoms with Gasteiger partial charge in [0.25, 0.3) is 21.6 Å². The molecule has 1 amide bonds. The summed E-state index contributed by atoms with van der Waals surface area (Å²) in [6.45, 7) is 4.29. The second-order valence-electron chi connectivity index (χ2n) is 7.39. The molecule has 3 N–H and O–H groups in total. The third kappa shape index (κ3) is 6.07. The Balaban J connectivity index is 1.55. The first-order valence-electron chi connectivity index (χ1n) is 10.1. The van der Waals surface area contributed by atoms with E-state index in [-0.39, 0.29) is 23.0 Å². The van der Waals surface area contributed by atoms with E-state index in [1.807, 2.05) is 13.8 Å². The van der Waals surface area contributed by atoms with Gasteiger partial charge < -0.3 is 10.6 Å². The molecular weight excluding hydrogens is 444 g/mol. The van der Waals surface area contributed by atoms with Crippen molar-refractivity contribution in [1.82, 2.24) is 5.32 Å². The highest BCUT2D eigenvalue weighted by Gasteiger charge is 2.15. The highest BCUT2D eigenvalue weighted by Crippen LogP contribution is 2.22. The molecule has 0 aromatic heterocycles. The van der Waals surface area contributed by atoms with Gasteiger partial charge >= 0.3 is 0 Å². The van der Waals surface area contributed by atoms with Crippen LogP contribution in [0, 0.1) is 24.0 Å². The molecule has 3 aromatic carbocycles. The zero-order valence-corrected chi connectivity index (χ0v) is 19.0. The number of carbonyl (C=O) groups excluding carboxylic acids is 1. The van der Waals surface area contributed by atoms with Gasteiger partial charge in [0.15, 0.2) is 0 Å². The van der Waals surface area contributed by atoms with Crippen LogP contribution in [0.25, 0.3) is 0 Å². The molecule has 33 heavy (non-hydrogen) atoms. The molecule has 0 unspecified atom stereocenters. The van der Waals surface area contributed by atoms with Crippen LogP contribution >= 0.6 is 0 Å². The smallest absolute Gasteiger partial charge is 0.292 e. The molecule has 172 valence electrons. The van der Waals surface area contributed by atoms with Crippen LogP contribution in [0.2, 0.25) is 0 Å². The van der Waals surface area contributed by atoms with Crippen molar-refractivity contribution in [2.75, 3.05) is 23.1 Å². The minimum Gasteiger partial charge on any atom is -0.378 e. The predicted octanol–water partition coefficient (Wildman–Crippen LogP) is 3.85. The number of carbonyl (C=O) groups is 1. The highest BCUT2D eigenvalue weighted by atomic mass is 32.2. The number of benzene rings is 3. The molecule has 0 aliphatic carbocycles. The average Bonchev–Trinajstić information content (AvgIpc) is 2.78. The molecule has 0 heterocycles. The Morgan fingerprint density at radius 3 is 2.30 bits per heavy atom. The van der Waals surface area contributed by atoms with Crippen molar-refractivity contribution in [3.63, 3.8) is 0 Å². The first-order valence-corrected chi connectivity index (χ1v) is 11.6. The van der Waals surface area contributed by atoms with Crippen LogP contribution < -0.4 is 15.4 Å². The van der Waals surface area contributed by atoms with Crippen LogP contribution in [0.15, 0.2) is 71.6 Å². The number of rotatable bonds is 9. The molecule has 0 radical (unpaired) electrons. The van der Waals surface area contributed by atoms with Gasteiger partial charge in [-0.25, -0.2) is 8.42 Å². The Bertz CT molecular complexity index is 1270. The van der Waals surface area contributed by atoms with Gasteiger partial charge in [0.05, 0.1) is 9.82 Å². The monoisotopic (exact) mass is 468 g/mol. The first kappa shape index (κ1) is 23.7. The van der Waals surface area contributed by atoms with E-state index in [2.05, 4.69) is 15.4 Å². The Morgan fingerprint density at radius 2 is 1.64 bits per heavy atom. The van der Waals surface area contributed by atoms with Crippen molar-refractivity contribution in [2.24, 2.45) is 0 Å². The molecular formula is C23H24N4O5S. The predicted molar refractivity (Wildman–Crippen MR) is 127 cm³/mol. The summed E-state index contributed by atoms with van der Waals surface area (Å²) < 4.78 is 27.7. The van der Waals surface area contributed by atoms with Gasteiger partial charge in [-0.2, -0.15) is 0 Å². The average molecular weight is 469 g/mol. The summed E-state index contributed by atoms with van der Waals surface area (Å²) in [4.78, 5) is 23.0. The Hall–Kier alpha value is -3.92. The van der Waals surface area contributed by atoms with Crippen molar-refractivity contribution in [3.05, 3.63) is 93.5 Å². The van der Waals surface area contributed by atoms with E-state index >= 15 is 0 Å². The Kier molecular flexibility index (Phi) is 7.29. The van der Waals surface area contributed by atoms with E-state index < -0.39 is 14.9 Å². The maximum atomic E-state index is 12.6. The number of para-hydroxylation sites is 2. The van der Waals surface area contributed by atoms with Crippen molar-refractivity contribution in [3.8, 4) is 0 Å². The van der Waals surface area contributed by atoms with E-state index in [0.29, 0.717) is 23.5 Å². The van der Waals surface area contributed by atoms with Crippen LogP contribution in [0.5, 0.6) is 0 Å². The number of nitro groups is 1. The summed E-state index contributed by atoms with van der Waals surface area (Å²) in [7, 11) is -3.75. The van der Waals surface area contributed by atoms with Crippen LogP contribution in [0.1, 0.15) is 21.5 Å². The standard InChI is InChI=1S/C23H24N4O5S/c1-16-7-12-20(15-17(16)2)33(31,32)26-19-10-8-18(9-11-19)23(28)25-14-13-24-21-5-3-4-6-22(21)27(29)30/h3-12,15,24,26H,13-14H2,1-2H3,(H,25,28). The van der Waals surface area contributed by atoms with Crippen molar-refractivity contribution >= 4 is 33.0 Å². The molecule has 3 rings (SSSR count). The third-order valence-electron chi connectivity index (χ3n) is 5.01. The molecule has 0 spiro atoms. The fourth-order valence-electron chi connectivity index (χ4n) is 3.04. The molecule has 0 atom stereocenters. The zero-order chi connectivity index (χ0) is 24.0.